The van der Waals surface area contributed by atoms with Crippen molar-refractivity contribution in [1.29, 1.82) is 0 Å². The van der Waals surface area contributed by atoms with Gasteiger partial charge >= 0.3 is 0 Å². The van der Waals surface area contributed by atoms with Crippen molar-refractivity contribution in [3.63, 3.8) is 0 Å². The molecule has 38 heavy (non-hydrogen) atoms. The molecule has 8 rings (SSSR count). The second-order valence-electron chi connectivity index (χ2n) is 8.82. The highest BCUT2D eigenvalue weighted by Gasteiger charge is 2.17. The Kier molecular flexibility index (Phi) is 4.76. The third kappa shape index (κ3) is 3.61. The average molecular weight is 529 g/mol. The lowest BCUT2D eigenvalue weighted by atomic mass is 10.1. The topological polar surface area (TPSA) is 77.8 Å². The summed E-state index contributed by atoms with van der Waals surface area (Å²) in [6, 6.07) is 28.4. The predicted molar refractivity (Wildman–Crippen MR) is 152 cm³/mol. The molecule has 0 fully saturated rings. The second-order valence-corrected chi connectivity index (χ2v) is 10.9. The van der Waals surface area contributed by atoms with Gasteiger partial charge in [-0.05, 0) is 46.2 Å². The van der Waals surface area contributed by atoms with E-state index in [9.17, 15) is 0 Å². The third-order valence-corrected chi connectivity index (χ3v) is 8.42. The number of thiazole rings is 2. The molecule has 0 aliphatic rings. The summed E-state index contributed by atoms with van der Waals surface area (Å²) < 4.78 is 12.3. The number of fused-ring (bicyclic) bond motifs is 3. The van der Waals surface area contributed by atoms with Crippen LogP contribution in [0.15, 0.2) is 106 Å². The maximum absolute atomic E-state index is 6.13. The van der Waals surface area contributed by atoms with Crippen LogP contribution in [0.3, 0.4) is 0 Å². The third-order valence-electron chi connectivity index (χ3n) is 6.35. The molecule has 0 amide bonds. The molecule has 0 spiro atoms. The molecule has 6 nitrogen and oxygen atoms in total. The Morgan fingerprint density at radius 1 is 0.526 bits per heavy atom. The zero-order valence-electron chi connectivity index (χ0n) is 19.7. The van der Waals surface area contributed by atoms with E-state index in [1.165, 1.54) is 0 Å². The summed E-state index contributed by atoms with van der Waals surface area (Å²) in [6.45, 7) is 0. The van der Waals surface area contributed by atoms with Crippen LogP contribution in [0.1, 0.15) is 0 Å². The van der Waals surface area contributed by atoms with Crippen molar-refractivity contribution >= 4 is 55.6 Å². The van der Waals surface area contributed by atoms with Gasteiger partial charge in [0, 0.05) is 12.4 Å². The number of hydrogen-bond donors (Lipinski definition) is 0. The van der Waals surface area contributed by atoms with E-state index in [0.29, 0.717) is 22.9 Å². The molecular formula is C30H16N4O2S2. The Morgan fingerprint density at radius 3 is 1.42 bits per heavy atom. The van der Waals surface area contributed by atoms with Gasteiger partial charge in [0.25, 0.3) is 11.8 Å². The highest BCUT2D eigenvalue weighted by atomic mass is 32.1. The molecular weight excluding hydrogens is 512 g/mol. The smallest absolute Gasteiger partial charge is 0.256 e. The summed E-state index contributed by atoms with van der Waals surface area (Å²) >= 11 is 3.13. The van der Waals surface area contributed by atoms with Crippen LogP contribution in [0, 0.1) is 0 Å². The first-order chi connectivity index (χ1) is 18.8. The van der Waals surface area contributed by atoms with E-state index in [2.05, 4.69) is 34.2 Å². The van der Waals surface area contributed by atoms with Gasteiger partial charge in [0.2, 0.25) is 0 Å². The summed E-state index contributed by atoms with van der Waals surface area (Å²) in [5, 5.41) is 3.51. The number of aromatic nitrogens is 4. The SMILES string of the molecule is c1ccc(-c2cnc(-c3nc4cc5cc6oc(-c7ncc(-c8ccccc8)s7)nc6cc5cc4o3)s2)cc1. The Hall–Kier alpha value is -4.66. The Bertz CT molecular complexity index is 1870. The molecule has 0 saturated heterocycles. The van der Waals surface area contributed by atoms with Crippen LogP contribution >= 0.6 is 22.7 Å². The molecule has 4 heterocycles. The fourth-order valence-electron chi connectivity index (χ4n) is 4.50. The average Bonchev–Trinajstić information content (AvgIpc) is 3.76. The number of rotatable bonds is 4. The quantitative estimate of drug-likeness (QED) is 0.227. The van der Waals surface area contributed by atoms with E-state index in [4.69, 9.17) is 18.8 Å². The first kappa shape index (κ1) is 21.4. The van der Waals surface area contributed by atoms with E-state index < -0.39 is 0 Å². The van der Waals surface area contributed by atoms with Gasteiger partial charge in [-0.15, -0.1) is 22.7 Å². The van der Waals surface area contributed by atoms with Gasteiger partial charge in [-0.25, -0.2) is 19.9 Å². The molecule has 0 saturated carbocycles. The van der Waals surface area contributed by atoms with Crippen molar-refractivity contribution in [2.24, 2.45) is 0 Å². The summed E-state index contributed by atoms with van der Waals surface area (Å²) in [7, 11) is 0. The highest BCUT2D eigenvalue weighted by molar-refractivity contribution is 7.18. The first-order valence-corrected chi connectivity index (χ1v) is 13.6. The zero-order chi connectivity index (χ0) is 25.1. The Morgan fingerprint density at radius 2 is 0.974 bits per heavy atom. The molecule has 180 valence electrons. The molecule has 0 bridgehead atoms. The van der Waals surface area contributed by atoms with Crippen LogP contribution in [0.25, 0.3) is 75.6 Å². The summed E-state index contributed by atoms with van der Waals surface area (Å²) in [6.07, 6.45) is 3.73. The van der Waals surface area contributed by atoms with E-state index in [0.717, 1.165) is 52.7 Å². The lowest BCUT2D eigenvalue weighted by molar-refractivity contribution is 0.618. The minimum Gasteiger partial charge on any atom is -0.434 e. The van der Waals surface area contributed by atoms with Crippen molar-refractivity contribution in [3.05, 3.63) is 97.3 Å². The summed E-state index contributed by atoms with van der Waals surface area (Å²) in [4.78, 5) is 20.7. The lowest BCUT2D eigenvalue weighted by Crippen LogP contribution is -1.76. The molecule has 0 N–H and O–H groups in total. The monoisotopic (exact) mass is 528 g/mol. The van der Waals surface area contributed by atoms with Crippen LogP contribution in [0.2, 0.25) is 0 Å². The van der Waals surface area contributed by atoms with Crippen molar-refractivity contribution < 1.29 is 8.83 Å². The normalized spacial score (nSPS) is 11.7. The van der Waals surface area contributed by atoms with Gasteiger partial charge in [0.05, 0.1) is 9.75 Å². The minimum atomic E-state index is 0.518. The predicted octanol–water partition coefficient (Wildman–Crippen LogP) is 8.70. The van der Waals surface area contributed by atoms with Crippen LogP contribution in [-0.4, -0.2) is 19.9 Å². The fourth-order valence-corrected chi connectivity index (χ4v) is 6.19. The Labute approximate surface area is 223 Å². The standard InChI is InChI=1S/C30H16N4O2S2/c1-3-7-17(8-4-1)25-15-31-29(37-25)27-33-21-11-19-14-24-22(12-20(19)13-23(21)35-27)34-28(36-24)30-32-16-26(38-30)18-9-5-2-6-10-18/h1-16H. The van der Waals surface area contributed by atoms with Crippen LogP contribution < -0.4 is 0 Å². The largest absolute Gasteiger partial charge is 0.434 e. The first-order valence-electron chi connectivity index (χ1n) is 11.9. The zero-order valence-corrected chi connectivity index (χ0v) is 21.3. The van der Waals surface area contributed by atoms with Gasteiger partial charge < -0.3 is 8.83 Å². The van der Waals surface area contributed by atoms with Crippen LogP contribution in [0.4, 0.5) is 0 Å². The number of benzene rings is 4. The molecule has 0 aliphatic carbocycles. The van der Waals surface area contributed by atoms with Crippen molar-refractivity contribution in [3.8, 4) is 42.7 Å². The second kappa shape index (κ2) is 8.44. The lowest BCUT2D eigenvalue weighted by Gasteiger charge is -1.96. The molecule has 0 aliphatic heterocycles. The number of nitrogens with zero attached hydrogens (tertiary/aromatic N) is 4. The van der Waals surface area contributed by atoms with E-state index >= 15 is 0 Å². The van der Waals surface area contributed by atoms with E-state index in [1.54, 1.807) is 22.7 Å². The van der Waals surface area contributed by atoms with Gasteiger partial charge in [-0.1, -0.05) is 60.7 Å². The van der Waals surface area contributed by atoms with Crippen molar-refractivity contribution in [2.75, 3.05) is 0 Å². The van der Waals surface area contributed by atoms with Crippen LogP contribution in [-0.2, 0) is 0 Å². The van der Waals surface area contributed by atoms with Gasteiger partial charge in [-0.3, -0.25) is 0 Å². The molecule has 4 aromatic heterocycles. The van der Waals surface area contributed by atoms with Crippen molar-refractivity contribution in [1.82, 2.24) is 19.9 Å². The Balaban J connectivity index is 1.15. The highest BCUT2D eigenvalue weighted by Crippen LogP contribution is 2.36. The van der Waals surface area contributed by atoms with Crippen LogP contribution in [0.5, 0.6) is 0 Å². The summed E-state index contributed by atoms with van der Waals surface area (Å²) in [5.74, 6) is 1.04. The van der Waals surface area contributed by atoms with Gasteiger partial charge in [-0.2, -0.15) is 0 Å². The molecule has 8 aromatic rings. The molecule has 4 aromatic carbocycles. The number of hydrogen-bond acceptors (Lipinski definition) is 8. The van der Waals surface area contributed by atoms with Gasteiger partial charge in [0.15, 0.2) is 21.2 Å². The molecule has 0 radical (unpaired) electrons. The fraction of sp³-hybridized carbons (Fsp3) is 0. The van der Waals surface area contributed by atoms with E-state index in [-0.39, 0.29) is 0 Å². The minimum absolute atomic E-state index is 0.518. The molecule has 0 unspecified atom stereocenters. The molecule has 8 heteroatoms. The number of oxazole rings is 2. The van der Waals surface area contributed by atoms with E-state index in [1.807, 2.05) is 73.1 Å². The van der Waals surface area contributed by atoms with Gasteiger partial charge in [0.1, 0.15) is 11.0 Å². The maximum atomic E-state index is 6.13. The summed E-state index contributed by atoms with van der Waals surface area (Å²) in [5.41, 5.74) is 5.22. The van der Waals surface area contributed by atoms with Crippen molar-refractivity contribution in [2.45, 2.75) is 0 Å². The molecule has 0 atom stereocenters. The maximum Gasteiger partial charge on any atom is 0.256 e.